The highest BCUT2D eigenvalue weighted by atomic mass is 16.2. The molecule has 1 aromatic heterocycles. The highest BCUT2D eigenvalue weighted by Crippen LogP contribution is 2.34. The first kappa shape index (κ1) is 15.7. The van der Waals surface area contributed by atoms with Gasteiger partial charge in [0.05, 0.1) is 18.2 Å². The van der Waals surface area contributed by atoms with Crippen LogP contribution in [-0.2, 0) is 11.8 Å². The number of hydrogen-bond acceptors (Lipinski definition) is 3. The van der Waals surface area contributed by atoms with Crippen LogP contribution >= 0.6 is 0 Å². The lowest BCUT2D eigenvalue weighted by molar-refractivity contribution is -0.136. The molecular weight excluding hydrogens is 288 g/mol. The summed E-state index contributed by atoms with van der Waals surface area (Å²) in [7, 11) is 1.90. The maximum Gasteiger partial charge on any atom is 0.227 e. The van der Waals surface area contributed by atoms with E-state index < -0.39 is 0 Å². The van der Waals surface area contributed by atoms with Gasteiger partial charge in [-0.1, -0.05) is 37.3 Å². The predicted molar refractivity (Wildman–Crippen MR) is 89.4 cm³/mol. The minimum absolute atomic E-state index is 0.127. The Bertz CT molecular complexity index is 667. The van der Waals surface area contributed by atoms with E-state index in [0.717, 1.165) is 30.5 Å². The Hall–Kier alpha value is -2.14. The molecule has 5 nitrogen and oxygen atoms in total. The number of likely N-dealkylation sites (tertiary alicyclic amines) is 1. The van der Waals surface area contributed by atoms with Gasteiger partial charge in [0, 0.05) is 31.4 Å². The Morgan fingerprint density at radius 2 is 2.09 bits per heavy atom. The third kappa shape index (κ3) is 3.15. The molecule has 1 amide bonds. The van der Waals surface area contributed by atoms with Crippen LogP contribution in [0.3, 0.4) is 0 Å². The number of hydrogen-bond donors (Lipinski definition) is 1. The smallest absolute Gasteiger partial charge is 0.227 e. The molecule has 1 aromatic carbocycles. The van der Waals surface area contributed by atoms with Gasteiger partial charge in [0.2, 0.25) is 5.91 Å². The van der Waals surface area contributed by atoms with Crippen molar-refractivity contribution in [3.63, 3.8) is 0 Å². The molecule has 3 rings (SSSR count). The summed E-state index contributed by atoms with van der Waals surface area (Å²) >= 11 is 0. The van der Waals surface area contributed by atoms with Crippen LogP contribution in [0.2, 0.25) is 0 Å². The van der Waals surface area contributed by atoms with Crippen molar-refractivity contribution in [2.45, 2.75) is 31.8 Å². The Labute approximate surface area is 137 Å². The largest absolute Gasteiger partial charge is 0.335 e. The van der Waals surface area contributed by atoms with Crippen molar-refractivity contribution in [3.05, 3.63) is 53.9 Å². The highest BCUT2D eigenvalue weighted by molar-refractivity contribution is 5.80. The van der Waals surface area contributed by atoms with Crippen molar-refractivity contribution < 1.29 is 4.79 Å². The van der Waals surface area contributed by atoms with E-state index in [1.54, 1.807) is 4.68 Å². The van der Waals surface area contributed by atoms with E-state index in [9.17, 15) is 4.79 Å². The number of rotatable bonds is 4. The highest BCUT2D eigenvalue weighted by Gasteiger charge is 2.35. The van der Waals surface area contributed by atoms with E-state index in [1.165, 1.54) is 0 Å². The number of amides is 1. The van der Waals surface area contributed by atoms with Gasteiger partial charge in [0.1, 0.15) is 0 Å². The van der Waals surface area contributed by atoms with Crippen LogP contribution in [0.25, 0.3) is 0 Å². The van der Waals surface area contributed by atoms with Crippen LogP contribution in [0.4, 0.5) is 0 Å². The van der Waals surface area contributed by atoms with E-state index in [-0.39, 0.29) is 23.9 Å². The second kappa shape index (κ2) is 6.54. The van der Waals surface area contributed by atoms with E-state index in [0.29, 0.717) is 0 Å². The Morgan fingerprint density at radius 3 is 2.74 bits per heavy atom. The van der Waals surface area contributed by atoms with Crippen LogP contribution in [-0.4, -0.2) is 27.1 Å². The number of nitrogens with two attached hydrogens (primary N) is 1. The Morgan fingerprint density at radius 1 is 1.35 bits per heavy atom. The summed E-state index contributed by atoms with van der Waals surface area (Å²) in [5, 5.41) is 4.24. The fraction of sp³-hybridized carbons (Fsp3) is 0.444. The second-order valence-electron chi connectivity index (χ2n) is 6.36. The maximum absolute atomic E-state index is 13.0. The Balaban J connectivity index is 1.76. The zero-order valence-electron chi connectivity index (χ0n) is 13.7. The molecule has 1 fully saturated rings. The molecule has 0 aliphatic carbocycles. The standard InChI is InChI=1S/C18H24N4O/c1-13(17(19)14-7-4-3-5-8-14)18(23)22-10-6-9-16(22)15-11-20-21(2)12-15/h3-5,7-8,11-13,16-17H,6,9-10,19H2,1-2H3. The summed E-state index contributed by atoms with van der Waals surface area (Å²) in [6, 6.07) is 9.69. The van der Waals surface area contributed by atoms with Crippen LogP contribution in [0.1, 0.15) is 43.0 Å². The van der Waals surface area contributed by atoms with Gasteiger partial charge in [-0.3, -0.25) is 9.48 Å². The van der Waals surface area contributed by atoms with Gasteiger partial charge in [-0.2, -0.15) is 5.10 Å². The molecule has 1 saturated heterocycles. The van der Waals surface area contributed by atoms with E-state index in [2.05, 4.69) is 5.10 Å². The number of aromatic nitrogens is 2. The molecular formula is C18H24N4O. The number of benzene rings is 1. The first-order valence-electron chi connectivity index (χ1n) is 8.17. The van der Waals surface area contributed by atoms with Crippen molar-refractivity contribution in [1.29, 1.82) is 0 Å². The molecule has 122 valence electrons. The average molecular weight is 312 g/mol. The molecule has 3 unspecified atom stereocenters. The number of carbonyl (C=O) groups is 1. The SMILES string of the molecule is CC(C(=O)N1CCCC1c1cnn(C)c1)C(N)c1ccccc1. The molecule has 2 aromatic rings. The summed E-state index contributed by atoms with van der Waals surface area (Å²) in [4.78, 5) is 14.9. The topological polar surface area (TPSA) is 64.2 Å². The van der Waals surface area contributed by atoms with Crippen molar-refractivity contribution in [2.24, 2.45) is 18.7 Å². The molecule has 0 bridgehead atoms. The summed E-state index contributed by atoms with van der Waals surface area (Å²) in [5.41, 5.74) is 8.45. The van der Waals surface area contributed by atoms with Crippen LogP contribution in [0.5, 0.6) is 0 Å². The second-order valence-corrected chi connectivity index (χ2v) is 6.36. The molecule has 1 aliphatic heterocycles. The molecule has 1 aliphatic rings. The zero-order chi connectivity index (χ0) is 16.4. The monoisotopic (exact) mass is 312 g/mol. The third-order valence-corrected chi connectivity index (χ3v) is 4.76. The van der Waals surface area contributed by atoms with Crippen molar-refractivity contribution in [3.8, 4) is 0 Å². The molecule has 23 heavy (non-hydrogen) atoms. The van der Waals surface area contributed by atoms with Gasteiger partial charge in [-0.25, -0.2) is 0 Å². The van der Waals surface area contributed by atoms with Crippen molar-refractivity contribution >= 4 is 5.91 Å². The van der Waals surface area contributed by atoms with Gasteiger partial charge >= 0.3 is 0 Å². The Kier molecular flexibility index (Phi) is 4.48. The molecule has 0 radical (unpaired) electrons. The van der Waals surface area contributed by atoms with Gasteiger partial charge in [0.25, 0.3) is 0 Å². The van der Waals surface area contributed by atoms with Gasteiger partial charge in [-0.05, 0) is 18.4 Å². The normalized spacial score (nSPS) is 20.5. The summed E-state index contributed by atoms with van der Waals surface area (Å²) in [6.07, 6.45) is 5.87. The number of nitrogens with zero attached hydrogens (tertiary/aromatic N) is 3. The molecule has 2 N–H and O–H groups in total. The minimum atomic E-state index is -0.279. The van der Waals surface area contributed by atoms with Gasteiger partial charge in [0.15, 0.2) is 0 Å². The van der Waals surface area contributed by atoms with Gasteiger partial charge < -0.3 is 10.6 Å². The summed E-state index contributed by atoms with van der Waals surface area (Å²) in [6.45, 7) is 2.73. The van der Waals surface area contributed by atoms with Crippen LogP contribution in [0.15, 0.2) is 42.7 Å². The minimum Gasteiger partial charge on any atom is -0.335 e. The average Bonchev–Trinajstić information content (AvgIpc) is 3.22. The van der Waals surface area contributed by atoms with Crippen LogP contribution < -0.4 is 5.73 Å². The van der Waals surface area contributed by atoms with E-state index >= 15 is 0 Å². The van der Waals surface area contributed by atoms with Crippen LogP contribution in [0, 0.1) is 5.92 Å². The van der Waals surface area contributed by atoms with Crippen molar-refractivity contribution in [2.75, 3.05) is 6.54 Å². The molecule has 5 heteroatoms. The van der Waals surface area contributed by atoms with E-state index in [4.69, 9.17) is 5.73 Å². The molecule has 0 spiro atoms. The zero-order valence-corrected chi connectivity index (χ0v) is 13.7. The van der Waals surface area contributed by atoms with Crippen molar-refractivity contribution in [1.82, 2.24) is 14.7 Å². The fourth-order valence-electron chi connectivity index (χ4n) is 3.37. The lowest BCUT2D eigenvalue weighted by Gasteiger charge is -2.29. The maximum atomic E-state index is 13.0. The lowest BCUT2D eigenvalue weighted by atomic mass is 9.93. The third-order valence-electron chi connectivity index (χ3n) is 4.76. The lowest BCUT2D eigenvalue weighted by Crippen LogP contribution is -2.39. The molecule has 2 heterocycles. The summed E-state index contributed by atoms with van der Waals surface area (Å²) < 4.78 is 1.79. The first-order valence-corrected chi connectivity index (χ1v) is 8.17. The number of carbonyl (C=O) groups excluding carboxylic acids is 1. The van der Waals surface area contributed by atoms with Gasteiger partial charge in [-0.15, -0.1) is 0 Å². The fourth-order valence-corrected chi connectivity index (χ4v) is 3.37. The quantitative estimate of drug-likeness (QED) is 0.943. The first-order chi connectivity index (χ1) is 11.1. The molecule has 3 atom stereocenters. The number of aryl methyl sites for hydroxylation is 1. The molecule has 0 saturated carbocycles. The predicted octanol–water partition coefficient (Wildman–Crippen LogP) is 2.42. The summed E-state index contributed by atoms with van der Waals surface area (Å²) in [5.74, 6) is -0.109. The van der Waals surface area contributed by atoms with E-state index in [1.807, 2.05) is 61.6 Å².